The molecule has 0 unspecified atom stereocenters. The van der Waals surface area contributed by atoms with Crippen molar-refractivity contribution in [1.82, 2.24) is 15.6 Å². The van der Waals surface area contributed by atoms with E-state index >= 15 is 0 Å². The minimum Gasteiger partial charge on any atom is -0.434 e. The van der Waals surface area contributed by atoms with Crippen LogP contribution in [0.15, 0.2) is 59.0 Å². The lowest BCUT2D eigenvalue weighted by atomic mass is 10.1. The van der Waals surface area contributed by atoms with E-state index in [0.29, 0.717) is 29.5 Å². The van der Waals surface area contributed by atoms with Gasteiger partial charge in [0.25, 0.3) is 5.89 Å². The van der Waals surface area contributed by atoms with E-state index in [9.17, 15) is 18.0 Å². The lowest BCUT2D eigenvalue weighted by Gasteiger charge is -2.23. The normalized spacial score (nSPS) is 13.6. The van der Waals surface area contributed by atoms with Crippen molar-refractivity contribution >= 4 is 32.6 Å². The third kappa shape index (κ3) is 6.98. The largest absolute Gasteiger partial charge is 0.434 e. The Bertz CT molecular complexity index is 1190. The molecule has 182 valence electrons. The molecule has 0 aliphatic heterocycles. The van der Waals surface area contributed by atoms with Gasteiger partial charge in [0, 0.05) is 6.04 Å². The smallest absolute Gasteiger partial charge is 0.266 e. The van der Waals surface area contributed by atoms with E-state index in [1.807, 2.05) is 26.8 Å². The molecule has 0 saturated heterocycles. The molecule has 9 heteroatoms. The number of sulfone groups is 1. The molecular weight excluding hydrogens is 454 g/mol. The highest BCUT2D eigenvalue weighted by Gasteiger charge is 2.31. The minimum atomic E-state index is -3.60. The molecular formula is C25H31N3O5S. The van der Waals surface area contributed by atoms with Crippen molar-refractivity contribution in [1.29, 1.82) is 0 Å². The maximum atomic E-state index is 13.2. The fourth-order valence-electron chi connectivity index (χ4n) is 3.70. The fourth-order valence-corrected chi connectivity index (χ4v) is 5.27. The van der Waals surface area contributed by atoms with Crippen molar-refractivity contribution in [2.75, 3.05) is 5.75 Å². The Morgan fingerprint density at radius 2 is 1.68 bits per heavy atom. The van der Waals surface area contributed by atoms with Crippen LogP contribution in [0, 0.1) is 0 Å². The van der Waals surface area contributed by atoms with Gasteiger partial charge in [-0.05, 0) is 24.1 Å². The molecule has 1 heterocycles. The zero-order chi connectivity index (χ0) is 24.7. The number of fused-ring (bicyclic) bond motifs is 1. The van der Waals surface area contributed by atoms with Crippen molar-refractivity contribution in [2.45, 2.75) is 57.5 Å². The number of oxazole rings is 1. The topological polar surface area (TPSA) is 118 Å². The maximum absolute atomic E-state index is 13.2. The molecule has 34 heavy (non-hydrogen) atoms. The summed E-state index contributed by atoms with van der Waals surface area (Å²) in [5.74, 6) is -1.63. The summed E-state index contributed by atoms with van der Waals surface area (Å²) in [5, 5.41) is 5.76. The molecule has 0 fully saturated rings. The second-order valence-electron chi connectivity index (χ2n) is 8.61. The number of para-hydroxylation sites is 2. The molecule has 0 aliphatic carbocycles. The van der Waals surface area contributed by atoms with Crippen molar-refractivity contribution in [2.24, 2.45) is 0 Å². The molecule has 3 aromatic rings. The highest BCUT2D eigenvalue weighted by Crippen LogP contribution is 2.17. The number of Topliss-reactive ketones (excluding diaryl/α,β-unsaturated/α-hetero) is 1. The molecule has 2 aromatic carbocycles. The van der Waals surface area contributed by atoms with Crippen LogP contribution in [0.3, 0.4) is 0 Å². The van der Waals surface area contributed by atoms with Gasteiger partial charge in [-0.25, -0.2) is 13.4 Å². The number of carbonyl (C=O) groups excluding carboxylic acids is 2. The Balaban J connectivity index is 1.76. The fraction of sp³-hybridized carbons (Fsp3) is 0.400. The van der Waals surface area contributed by atoms with Crippen LogP contribution in [-0.2, 0) is 20.4 Å². The van der Waals surface area contributed by atoms with Gasteiger partial charge in [0.05, 0.1) is 17.5 Å². The van der Waals surface area contributed by atoms with Gasteiger partial charge in [-0.1, -0.05) is 69.7 Å². The number of ketones is 1. The third-order valence-corrected chi connectivity index (χ3v) is 6.83. The number of hydrogen-bond acceptors (Lipinski definition) is 7. The van der Waals surface area contributed by atoms with Gasteiger partial charge < -0.3 is 15.1 Å². The summed E-state index contributed by atoms with van der Waals surface area (Å²) in [6.07, 6.45) is 1.000. The summed E-state index contributed by atoms with van der Waals surface area (Å²) in [6, 6.07) is 13.8. The van der Waals surface area contributed by atoms with Crippen LogP contribution >= 0.6 is 0 Å². The highest BCUT2D eigenvalue weighted by molar-refractivity contribution is 7.90. The number of aromatic nitrogens is 1. The Morgan fingerprint density at radius 1 is 1.00 bits per heavy atom. The summed E-state index contributed by atoms with van der Waals surface area (Å²) in [5.41, 5.74) is 1.69. The zero-order valence-corrected chi connectivity index (χ0v) is 20.5. The number of benzene rings is 2. The number of nitrogens with zero attached hydrogens (tertiary/aromatic N) is 1. The summed E-state index contributed by atoms with van der Waals surface area (Å²) in [7, 11) is -3.60. The van der Waals surface area contributed by atoms with Crippen LogP contribution in [0.4, 0.5) is 0 Å². The van der Waals surface area contributed by atoms with E-state index in [0.717, 1.165) is 0 Å². The average Bonchev–Trinajstić information content (AvgIpc) is 3.22. The van der Waals surface area contributed by atoms with Gasteiger partial charge in [0.2, 0.25) is 11.7 Å². The number of hydrogen-bond donors (Lipinski definition) is 2. The van der Waals surface area contributed by atoms with Crippen LogP contribution in [0.25, 0.3) is 11.1 Å². The SMILES string of the molecule is CCC[C@H](NC(=O)[C@@H](CS(=O)(=O)Cc1ccccc1)NC(C)C)C(=O)c1nc2ccccc2o1. The van der Waals surface area contributed by atoms with E-state index in [4.69, 9.17) is 4.42 Å². The summed E-state index contributed by atoms with van der Waals surface area (Å²) in [4.78, 5) is 30.5. The maximum Gasteiger partial charge on any atom is 0.266 e. The molecule has 0 bridgehead atoms. The van der Waals surface area contributed by atoms with Gasteiger partial charge in [0.15, 0.2) is 15.4 Å². The average molecular weight is 486 g/mol. The standard InChI is InChI=1S/C25H31N3O5S/c1-4-10-20(23(29)25-28-19-13-8-9-14-22(19)33-25)27-24(30)21(26-17(2)3)16-34(31,32)15-18-11-6-5-7-12-18/h5-9,11-14,17,20-21,26H,4,10,15-16H2,1-3H3,(H,27,30)/t20-,21+/m0/s1. The van der Waals surface area contributed by atoms with Crippen LogP contribution < -0.4 is 10.6 Å². The molecule has 1 aromatic heterocycles. The third-order valence-electron chi connectivity index (χ3n) is 5.22. The first-order valence-corrected chi connectivity index (χ1v) is 13.2. The first-order valence-electron chi connectivity index (χ1n) is 11.4. The van der Waals surface area contributed by atoms with Crippen LogP contribution in [0.5, 0.6) is 0 Å². The summed E-state index contributed by atoms with van der Waals surface area (Å²) in [6.45, 7) is 5.56. The molecule has 8 nitrogen and oxygen atoms in total. The lowest BCUT2D eigenvalue weighted by Crippen LogP contribution is -2.54. The van der Waals surface area contributed by atoms with E-state index in [1.54, 1.807) is 48.5 Å². The van der Waals surface area contributed by atoms with E-state index in [-0.39, 0.29) is 23.4 Å². The molecule has 3 rings (SSSR count). The second kappa shape index (κ2) is 11.4. The van der Waals surface area contributed by atoms with Gasteiger partial charge in [0.1, 0.15) is 11.6 Å². The minimum absolute atomic E-state index is 0.0787. The molecule has 1 amide bonds. The van der Waals surface area contributed by atoms with Gasteiger partial charge in [-0.2, -0.15) is 0 Å². The number of rotatable bonds is 12. The van der Waals surface area contributed by atoms with Crippen molar-refractivity contribution < 1.29 is 22.4 Å². The molecule has 0 aliphatic rings. The van der Waals surface area contributed by atoms with Crippen molar-refractivity contribution in [3.8, 4) is 0 Å². The van der Waals surface area contributed by atoms with E-state index < -0.39 is 33.6 Å². The van der Waals surface area contributed by atoms with Crippen molar-refractivity contribution in [3.63, 3.8) is 0 Å². The number of nitrogens with one attached hydrogen (secondary N) is 2. The zero-order valence-electron chi connectivity index (χ0n) is 19.7. The second-order valence-corrected chi connectivity index (χ2v) is 10.7. The molecule has 2 atom stereocenters. The number of carbonyl (C=O) groups is 2. The van der Waals surface area contributed by atoms with Gasteiger partial charge >= 0.3 is 0 Å². The van der Waals surface area contributed by atoms with Crippen LogP contribution in [0.2, 0.25) is 0 Å². The van der Waals surface area contributed by atoms with Crippen molar-refractivity contribution in [3.05, 3.63) is 66.1 Å². The Kier molecular flexibility index (Phi) is 8.57. The highest BCUT2D eigenvalue weighted by atomic mass is 32.2. The molecule has 0 saturated carbocycles. The van der Waals surface area contributed by atoms with E-state index in [2.05, 4.69) is 15.6 Å². The Hall–Kier alpha value is -3.04. The quantitative estimate of drug-likeness (QED) is 0.378. The molecule has 2 N–H and O–H groups in total. The predicted octanol–water partition coefficient (Wildman–Crippen LogP) is 3.28. The van der Waals surface area contributed by atoms with E-state index in [1.165, 1.54) is 0 Å². The first kappa shape index (κ1) is 25.6. The Morgan fingerprint density at radius 3 is 2.32 bits per heavy atom. The lowest BCUT2D eigenvalue weighted by molar-refractivity contribution is -0.123. The van der Waals surface area contributed by atoms with Gasteiger partial charge in [-0.3, -0.25) is 9.59 Å². The monoisotopic (exact) mass is 485 g/mol. The van der Waals surface area contributed by atoms with Crippen LogP contribution in [0.1, 0.15) is 49.9 Å². The summed E-state index contributed by atoms with van der Waals surface area (Å²) < 4.78 is 31.3. The molecule has 0 radical (unpaired) electrons. The summed E-state index contributed by atoms with van der Waals surface area (Å²) >= 11 is 0. The number of amides is 1. The predicted molar refractivity (Wildman–Crippen MR) is 131 cm³/mol. The first-order chi connectivity index (χ1) is 16.2. The Labute approximate surface area is 200 Å². The molecule has 0 spiro atoms. The van der Waals surface area contributed by atoms with Crippen LogP contribution in [-0.4, -0.2) is 49.0 Å². The van der Waals surface area contributed by atoms with Gasteiger partial charge in [-0.15, -0.1) is 0 Å².